The maximum absolute atomic E-state index is 11.2. The minimum atomic E-state index is -1.05. The molecule has 0 radical (unpaired) electrons. The van der Waals surface area contributed by atoms with Crippen molar-refractivity contribution in [1.82, 2.24) is 0 Å². The molecule has 2 aromatic rings. The van der Waals surface area contributed by atoms with E-state index in [4.69, 9.17) is 11.6 Å². The number of hydrogen-bond acceptors (Lipinski definition) is 4. The number of aromatic carboxylic acids is 1. The second-order valence-corrected chi connectivity index (χ2v) is 4.66. The van der Waals surface area contributed by atoms with E-state index in [-0.39, 0.29) is 5.56 Å². The minimum Gasteiger partial charge on any atom is -0.478 e. The quantitative estimate of drug-likeness (QED) is 0.450. The van der Waals surface area contributed by atoms with Gasteiger partial charge in [-0.1, -0.05) is 35.9 Å². The summed E-state index contributed by atoms with van der Waals surface area (Å²) in [7, 11) is 0. The molecule has 5 N–H and O–H groups in total. The minimum absolute atomic E-state index is 0.0969. The van der Waals surface area contributed by atoms with Gasteiger partial charge in [0.05, 0.1) is 23.5 Å². The zero-order valence-corrected chi connectivity index (χ0v) is 11.2. The van der Waals surface area contributed by atoms with Gasteiger partial charge in [-0.3, -0.25) is 0 Å². The number of aryl methyl sites for hydroxylation is 1. The van der Waals surface area contributed by atoms with Gasteiger partial charge in [-0.2, -0.15) is 0 Å². The Kier molecular flexibility index (Phi) is 3.91. The van der Waals surface area contributed by atoms with E-state index in [0.717, 1.165) is 11.1 Å². The van der Waals surface area contributed by atoms with Gasteiger partial charge in [0, 0.05) is 0 Å². The second kappa shape index (κ2) is 5.63. The monoisotopic (exact) mass is 271 g/mol. The molecule has 0 spiro atoms. The molecule has 0 unspecified atom stereocenters. The maximum Gasteiger partial charge on any atom is 0.337 e. The summed E-state index contributed by atoms with van der Waals surface area (Å²) in [5.41, 5.74) is 8.77. The second-order valence-electron chi connectivity index (χ2n) is 4.66. The zero-order chi connectivity index (χ0) is 14.7. The molecule has 0 saturated heterocycles. The predicted octanol–water partition coefficient (Wildman–Crippen LogP) is 2.16. The van der Waals surface area contributed by atoms with Gasteiger partial charge >= 0.3 is 5.97 Å². The number of nitrogens with two attached hydrogens (primary N) is 2. The molecule has 0 aliphatic heterocycles. The van der Waals surface area contributed by atoms with Crippen LogP contribution in [0.1, 0.15) is 21.5 Å². The van der Waals surface area contributed by atoms with Gasteiger partial charge in [0.15, 0.2) is 0 Å². The molecular weight excluding hydrogens is 254 g/mol. The third-order valence-corrected chi connectivity index (χ3v) is 3.06. The molecule has 5 heteroatoms. The fourth-order valence-electron chi connectivity index (χ4n) is 2.02. The van der Waals surface area contributed by atoms with Gasteiger partial charge in [0.25, 0.3) is 0 Å². The Morgan fingerprint density at radius 2 is 1.85 bits per heavy atom. The first-order valence-electron chi connectivity index (χ1n) is 6.18. The number of carboxylic acids is 1. The van der Waals surface area contributed by atoms with Gasteiger partial charge in [-0.05, 0) is 24.6 Å². The average molecular weight is 271 g/mol. The number of para-hydroxylation sites is 1. The maximum atomic E-state index is 11.2. The number of carboxylic acid groups (broad SMARTS) is 1. The fourth-order valence-corrected chi connectivity index (χ4v) is 2.02. The summed E-state index contributed by atoms with van der Waals surface area (Å²) in [5.74, 6) is 4.95. The molecule has 0 atom stereocenters. The van der Waals surface area contributed by atoms with Crippen LogP contribution in [0.25, 0.3) is 0 Å². The molecule has 2 aromatic carbocycles. The highest BCUT2D eigenvalue weighted by atomic mass is 16.4. The molecule has 0 aliphatic carbocycles. The van der Waals surface area contributed by atoms with Crippen molar-refractivity contribution in [1.29, 1.82) is 0 Å². The summed E-state index contributed by atoms with van der Waals surface area (Å²) in [6, 6.07) is 12.6. The SMILES string of the molecule is Cc1ccc(CN(N)c2c(N)cccc2C(=O)O)cc1. The van der Waals surface area contributed by atoms with Gasteiger partial charge in [-0.25, -0.2) is 10.6 Å². The van der Waals surface area contributed by atoms with E-state index >= 15 is 0 Å². The van der Waals surface area contributed by atoms with Crippen molar-refractivity contribution in [3.8, 4) is 0 Å². The Balaban J connectivity index is 2.31. The average Bonchev–Trinajstić information content (AvgIpc) is 2.40. The van der Waals surface area contributed by atoms with Crippen LogP contribution in [0.4, 0.5) is 11.4 Å². The first kappa shape index (κ1) is 13.9. The van der Waals surface area contributed by atoms with Gasteiger partial charge < -0.3 is 15.8 Å². The lowest BCUT2D eigenvalue weighted by molar-refractivity contribution is 0.0697. The van der Waals surface area contributed by atoms with E-state index in [1.54, 1.807) is 12.1 Å². The van der Waals surface area contributed by atoms with Crippen LogP contribution in [0.5, 0.6) is 0 Å². The Morgan fingerprint density at radius 3 is 2.45 bits per heavy atom. The molecule has 0 aromatic heterocycles. The number of hydrazine groups is 1. The van der Waals surface area contributed by atoms with Gasteiger partial charge in [0.2, 0.25) is 0 Å². The zero-order valence-electron chi connectivity index (χ0n) is 11.2. The molecule has 5 nitrogen and oxygen atoms in total. The first-order valence-corrected chi connectivity index (χ1v) is 6.18. The van der Waals surface area contributed by atoms with Crippen molar-refractivity contribution in [3.05, 3.63) is 59.2 Å². The third-order valence-electron chi connectivity index (χ3n) is 3.06. The Morgan fingerprint density at radius 1 is 1.20 bits per heavy atom. The van der Waals surface area contributed by atoms with Crippen LogP contribution in [0.15, 0.2) is 42.5 Å². The first-order chi connectivity index (χ1) is 9.49. The topological polar surface area (TPSA) is 92.6 Å². The van der Waals surface area contributed by atoms with E-state index in [1.807, 2.05) is 31.2 Å². The predicted molar refractivity (Wildman–Crippen MR) is 79.4 cm³/mol. The van der Waals surface area contributed by atoms with E-state index < -0.39 is 5.97 Å². The fraction of sp³-hybridized carbons (Fsp3) is 0.133. The van der Waals surface area contributed by atoms with Crippen molar-refractivity contribution in [3.63, 3.8) is 0 Å². The normalized spacial score (nSPS) is 10.3. The van der Waals surface area contributed by atoms with E-state index in [2.05, 4.69) is 0 Å². The molecular formula is C15H17N3O2. The number of nitrogens with zero attached hydrogens (tertiary/aromatic N) is 1. The van der Waals surface area contributed by atoms with Gasteiger partial charge in [0.1, 0.15) is 0 Å². The van der Waals surface area contributed by atoms with Crippen molar-refractivity contribution < 1.29 is 9.90 Å². The summed E-state index contributed by atoms with van der Waals surface area (Å²) in [6.45, 7) is 2.39. The van der Waals surface area contributed by atoms with Crippen LogP contribution < -0.4 is 16.6 Å². The van der Waals surface area contributed by atoms with E-state index in [9.17, 15) is 9.90 Å². The number of rotatable bonds is 4. The van der Waals surface area contributed by atoms with Crippen molar-refractivity contribution in [2.24, 2.45) is 5.84 Å². The van der Waals surface area contributed by atoms with Crippen LogP contribution in [-0.2, 0) is 6.54 Å². The molecule has 0 aliphatic rings. The Hall–Kier alpha value is -2.53. The summed E-state index contributed by atoms with van der Waals surface area (Å²) < 4.78 is 0. The number of benzene rings is 2. The molecule has 0 heterocycles. The van der Waals surface area contributed by atoms with Crippen LogP contribution in [0, 0.1) is 6.92 Å². The molecule has 20 heavy (non-hydrogen) atoms. The summed E-state index contributed by atoms with van der Waals surface area (Å²) in [5, 5.41) is 10.6. The molecule has 2 rings (SSSR count). The number of nitrogen functional groups attached to an aromatic ring is 1. The highest BCUT2D eigenvalue weighted by molar-refractivity contribution is 5.97. The largest absolute Gasteiger partial charge is 0.478 e. The third kappa shape index (κ3) is 2.89. The lowest BCUT2D eigenvalue weighted by Gasteiger charge is -2.22. The number of anilines is 2. The van der Waals surface area contributed by atoms with Crippen LogP contribution >= 0.6 is 0 Å². The number of carbonyl (C=O) groups is 1. The molecule has 0 amide bonds. The summed E-state index contributed by atoms with van der Waals surface area (Å²) >= 11 is 0. The molecule has 104 valence electrons. The standard InChI is InChI=1S/C15H17N3O2/c1-10-5-7-11(8-6-10)9-18(17)14-12(15(19)20)3-2-4-13(14)16/h2-8H,9,16-17H2,1H3,(H,19,20). The Bertz CT molecular complexity index is 624. The summed E-state index contributed by atoms with van der Waals surface area (Å²) in [4.78, 5) is 11.2. The lowest BCUT2D eigenvalue weighted by atomic mass is 10.1. The van der Waals surface area contributed by atoms with E-state index in [1.165, 1.54) is 11.1 Å². The van der Waals surface area contributed by atoms with Crippen molar-refractivity contribution >= 4 is 17.3 Å². The van der Waals surface area contributed by atoms with Crippen molar-refractivity contribution in [2.45, 2.75) is 13.5 Å². The van der Waals surface area contributed by atoms with Crippen molar-refractivity contribution in [2.75, 3.05) is 10.7 Å². The highest BCUT2D eigenvalue weighted by Crippen LogP contribution is 2.27. The van der Waals surface area contributed by atoms with Crippen LogP contribution in [-0.4, -0.2) is 11.1 Å². The summed E-state index contributed by atoms with van der Waals surface area (Å²) in [6.07, 6.45) is 0. The number of hydrogen-bond donors (Lipinski definition) is 3. The Labute approximate surface area is 117 Å². The lowest BCUT2D eigenvalue weighted by Crippen LogP contribution is -2.32. The van der Waals surface area contributed by atoms with Crippen LogP contribution in [0.2, 0.25) is 0 Å². The molecule has 0 bridgehead atoms. The smallest absolute Gasteiger partial charge is 0.337 e. The van der Waals surface area contributed by atoms with Gasteiger partial charge in [-0.15, -0.1) is 0 Å². The molecule has 0 saturated carbocycles. The van der Waals surface area contributed by atoms with Crippen LogP contribution in [0.3, 0.4) is 0 Å². The highest BCUT2D eigenvalue weighted by Gasteiger charge is 2.16. The van der Waals surface area contributed by atoms with E-state index in [0.29, 0.717) is 17.9 Å². The molecule has 0 fully saturated rings.